The van der Waals surface area contributed by atoms with Gasteiger partial charge in [0.05, 0.1) is 18.0 Å². The van der Waals surface area contributed by atoms with Crippen molar-refractivity contribution < 1.29 is 13.2 Å². The maximum absolute atomic E-state index is 11.9. The number of rotatable bonds is 6. The van der Waals surface area contributed by atoms with Crippen LogP contribution in [0.3, 0.4) is 0 Å². The quantitative estimate of drug-likeness (QED) is 0.861. The maximum Gasteiger partial charge on any atom is 0.226 e. The van der Waals surface area contributed by atoms with Crippen LogP contribution in [-0.2, 0) is 21.2 Å². The lowest BCUT2D eigenvalue weighted by atomic mass is 10.2. The van der Waals surface area contributed by atoms with Crippen molar-refractivity contribution in [1.82, 2.24) is 9.78 Å². The predicted octanol–water partition coefficient (Wildman–Crippen LogP) is 2.27. The number of anilines is 1. The molecule has 0 spiro atoms. The lowest BCUT2D eigenvalue weighted by Crippen LogP contribution is -2.19. The summed E-state index contributed by atoms with van der Waals surface area (Å²) in [4.78, 5) is 11.9. The third-order valence-electron chi connectivity index (χ3n) is 3.15. The van der Waals surface area contributed by atoms with Crippen LogP contribution in [0, 0.1) is 6.92 Å². The minimum atomic E-state index is -3.17. The van der Waals surface area contributed by atoms with Crippen LogP contribution in [-0.4, -0.2) is 36.1 Å². The van der Waals surface area contributed by atoms with E-state index in [4.69, 9.17) is 11.6 Å². The number of halogens is 1. The Morgan fingerprint density at radius 2 is 2.04 bits per heavy atom. The van der Waals surface area contributed by atoms with E-state index in [2.05, 4.69) is 10.4 Å². The standard InChI is InChI=1S/C15H18ClN3O3S/c1-11-9-14(17-15(20)7-8-23(2,21)22)19(18-11)10-12-5-3-4-6-13(12)16/h3-6,9H,7-8,10H2,1-2H3,(H,17,20). The van der Waals surface area contributed by atoms with E-state index in [0.717, 1.165) is 17.5 Å². The number of carbonyl (C=O) groups excluding carboxylic acids is 1. The van der Waals surface area contributed by atoms with Crippen LogP contribution in [0.1, 0.15) is 17.7 Å². The van der Waals surface area contributed by atoms with E-state index in [-0.39, 0.29) is 18.1 Å². The molecule has 8 heteroatoms. The van der Waals surface area contributed by atoms with Crippen molar-refractivity contribution in [2.45, 2.75) is 19.9 Å². The predicted molar refractivity (Wildman–Crippen MR) is 90.5 cm³/mol. The van der Waals surface area contributed by atoms with E-state index < -0.39 is 9.84 Å². The Kier molecular flexibility index (Phi) is 5.43. The molecule has 1 amide bonds. The normalized spacial score (nSPS) is 11.4. The molecule has 124 valence electrons. The van der Waals surface area contributed by atoms with Crippen molar-refractivity contribution in [3.63, 3.8) is 0 Å². The van der Waals surface area contributed by atoms with E-state index >= 15 is 0 Å². The number of sulfone groups is 1. The van der Waals surface area contributed by atoms with Crippen molar-refractivity contribution >= 4 is 33.2 Å². The van der Waals surface area contributed by atoms with Gasteiger partial charge in [-0.15, -0.1) is 0 Å². The first-order valence-corrected chi connectivity index (χ1v) is 9.44. The Morgan fingerprint density at radius 3 is 2.70 bits per heavy atom. The molecule has 0 radical (unpaired) electrons. The van der Waals surface area contributed by atoms with Crippen molar-refractivity contribution in [2.75, 3.05) is 17.3 Å². The molecule has 6 nitrogen and oxygen atoms in total. The van der Waals surface area contributed by atoms with Crippen LogP contribution in [0.4, 0.5) is 5.82 Å². The first kappa shape index (κ1) is 17.5. The number of aromatic nitrogens is 2. The molecule has 0 fully saturated rings. The lowest BCUT2D eigenvalue weighted by molar-refractivity contribution is -0.115. The van der Waals surface area contributed by atoms with Gasteiger partial charge in [0, 0.05) is 23.8 Å². The van der Waals surface area contributed by atoms with Crippen LogP contribution in [0.2, 0.25) is 5.02 Å². The molecule has 1 aromatic carbocycles. The molecule has 0 saturated heterocycles. The molecule has 1 aromatic heterocycles. The topological polar surface area (TPSA) is 81.1 Å². The highest BCUT2D eigenvalue weighted by molar-refractivity contribution is 7.90. The Hall–Kier alpha value is -1.86. The molecule has 1 heterocycles. The van der Waals surface area contributed by atoms with E-state index in [1.165, 1.54) is 0 Å². The number of hydrogen-bond acceptors (Lipinski definition) is 4. The molecule has 2 aromatic rings. The fourth-order valence-corrected chi connectivity index (χ4v) is 2.79. The molecule has 0 saturated carbocycles. The zero-order valence-corrected chi connectivity index (χ0v) is 14.5. The number of nitrogens with zero attached hydrogens (tertiary/aromatic N) is 2. The summed E-state index contributed by atoms with van der Waals surface area (Å²) in [6.45, 7) is 2.23. The van der Waals surface area contributed by atoms with Gasteiger partial charge in [-0.2, -0.15) is 5.10 Å². The van der Waals surface area contributed by atoms with Gasteiger partial charge in [0.25, 0.3) is 0 Å². The smallest absolute Gasteiger partial charge is 0.226 e. The Morgan fingerprint density at radius 1 is 1.35 bits per heavy atom. The number of aryl methyl sites for hydroxylation is 1. The van der Waals surface area contributed by atoms with E-state index in [1.54, 1.807) is 16.8 Å². The molecule has 2 rings (SSSR count). The summed E-state index contributed by atoms with van der Waals surface area (Å²) in [5.41, 5.74) is 1.62. The third kappa shape index (κ3) is 5.37. The monoisotopic (exact) mass is 355 g/mol. The highest BCUT2D eigenvalue weighted by Crippen LogP contribution is 2.19. The summed E-state index contributed by atoms with van der Waals surface area (Å²) in [5, 5.41) is 7.65. The van der Waals surface area contributed by atoms with Gasteiger partial charge in [-0.1, -0.05) is 29.8 Å². The van der Waals surface area contributed by atoms with E-state index in [1.807, 2.05) is 25.1 Å². The fourth-order valence-electron chi connectivity index (χ4n) is 2.04. The van der Waals surface area contributed by atoms with Crippen molar-refractivity contribution in [2.24, 2.45) is 0 Å². The average molecular weight is 356 g/mol. The van der Waals surface area contributed by atoms with Gasteiger partial charge in [0.2, 0.25) is 5.91 Å². The van der Waals surface area contributed by atoms with Crippen LogP contribution < -0.4 is 5.32 Å². The number of amides is 1. The van der Waals surface area contributed by atoms with Crippen molar-refractivity contribution in [3.05, 3.63) is 46.6 Å². The second kappa shape index (κ2) is 7.14. The molecule has 0 unspecified atom stereocenters. The summed E-state index contributed by atoms with van der Waals surface area (Å²) in [5.74, 6) is -0.0344. The first-order valence-electron chi connectivity index (χ1n) is 7.00. The van der Waals surface area contributed by atoms with Gasteiger partial charge in [0.15, 0.2) is 0 Å². The molecule has 0 bridgehead atoms. The van der Waals surface area contributed by atoms with Gasteiger partial charge in [-0.05, 0) is 18.6 Å². The van der Waals surface area contributed by atoms with Crippen LogP contribution in [0.15, 0.2) is 30.3 Å². The molecular formula is C15H18ClN3O3S. The van der Waals surface area contributed by atoms with Gasteiger partial charge >= 0.3 is 0 Å². The summed E-state index contributed by atoms with van der Waals surface area (Å²) < 4.78 is 23.9. The van der Waals surface area contributed by atoms with Crippen molar-refractivity contribution in [1.29, 1.82) is 0 Å². The largest absolute Gasteiger partial charge is 0.311 e. The molecule has 0 aliphatic heterocycles. The highest BCUT2D eigenvalue weighted by atomic mass is 35.5. The first-order chi connectivity index (χ1) is 10.7. The summed E-state index contributed by atoms with van der Waals surface area (Å²) in [6, 6.07) is 9.12. The second-order valence-electron chi connectivity index (χ2n) is 5.35. The number of benzene rings is 1. The molecule has 23 heavy (non-hydrogen) atoms. The molecule has 1 N–H and O–H groups in total. The van der Waals surface area contributed by atoms with E-state index in [9.17, 15) is 13.2 Å². The average Bonchev–Trinajstić information content (AvgIpc) is 2.78. The number of carbonyl (C=O) groups is 1. The maximum atomic E-state index is 11.9. The molecule has 0 aliphatic rings. The highest BCUT2D eigenvalue weighted by Gasteiger charge is 2.13. The second-order valence-corrected chi connectivity index (χ2v) is 8.02. The Bertz CT molecular complexity index is 815. The fraction of sp³-hybridized carbons (Fsp3) is 0.333. The van der Waals surface area contributed by atoms with Gasteiger partial charge < -0.3 is 5.32 Å². The minimum absolute atomic E-state index is 0.0881. The van der Waals surface area contributed by atoms with Crippen molar-refractivity contribution in [3.8, 4) is 0 Å². The van der Waals surface area contributed by atoms with Gasteiger partial charge in [-0.3, -0.25) is 4.79 Å². The van der Waals surface area contributed by atoms with Gasteiger partial charge in [-0.25, -0.2) is 13.1 Å². The summed E-state index contributed by atoms with van der Waals surface area (Å²) in [7, 11) is -3.17. The number of nitrogens with one attached hydrogen (secondary N) is 1. The van der Waals surface area contributed by atoms with Crippen LogP contribution >= 0.6 is 11.6 Å². The molecular weight excluding hydrogens is 338 g/mol. The van der Waals surface area contributed by atoms with E-state index in [0.29, 0.717) is 17.4 Å². The molecule has 0 atom stereocenters. The van der Waals surface area contributed by atoms with Crippen LogP contribution in [0.25, 0.3) is 0 Å². The Labute approximate surface area is 140 Å². The number of hydrogen-bond donors (Lipinski definition) is 1. The van der Waals surface area contributed by atoms with Crippen LogP contribution in [0.5, 0.6) is 0 Å². The SMILES string of the molecule is Cc1cc(NC(=O)CCS(C)(=O)=O)n(Cc2ccccc2Cl)n1. The lowest BCUT2D eigenvalue weighted by Gasteiger charge is -2.10. The zero-order chi connectivity index (χ0) is 17.0. The zero-order valence-electron chi connectivity index (χ0n) is 12.9. The Balaban J connectivity index is 2.11. The molecule has 0 aliphatic carbocycles. The van der Waals surface area contributed by atoms with Gasteiger partial charge in [0.1, 0.15) is 15.7 Å². The minimum Gasteiger partial charge on any atom is -0.311 e. The summed E-state index contributed by atoms with van der Waals surface area (Å²) >= 11 is 6.14. The summed E-state index contributed by atoms with van der Waals surface area (Å²) in [6.07, 6.45) is 1.02. The third-order valence-corrected chi connectivity index (χ3v) is 4.46.